The van der Waals surface area contributed by atoms with E-state index in [4.69, 9.17) is 9.47 Å². The SMILES string of the molecule is COC(=O)C1C(C)=NC(C)=C(C(=O)N[C@@H](Cc2ccccc2)C(=O)OC(C)(C)C)[C@@H]1c1cccc([N+](=O)[O-])c1. The number of hydrogen-bond acceptors (Lipinski definition) is 8. The van der Waals surface area contributed by atoms with Gasteiger partial charge in [-0.1, -0.05) is 42.5 Å². The third-order valence-electron chi connectivity index (χ3n) is 6.25. The molecule has 1 heterocycles. The van der Waals surface area contributed by atoms with Crippen molar-refractivity contribution in [3.05, 3.63) is 87.1 Å². The van der Waals surface area contributed by atoms with Gasteiger partial charge in [-0.05, 0) is 45.7 Å². The number of allylic oxidation sites excluding steroid dienone is 1. The molecule has 0 bridgehead atoms. The molecule has 39 heavy (non-hydrogen) atoms. The number of hydrogen-bond donors (Lipinski definition) is 1. The van der Waals surface area contributed by atoms with Gasteiger partial charge in [-0.2, -0.15) is 0 Å². The molecule has 0 fully saturated rings. The van der Waals surface area contributed by atoms with Gasteiger partial charge in [0.25, 0.3) is 5.69 Å². The number of rotatable bonds is 8. The van der Waals surface area contributed by atoms with Crippen LogP contribution in [0.3, 0.4) is 0 Å². The fourth-order valence-corrected chi connectivity index (χ4v) is 4.61. The Balaban J connectivity index is 2.08. The van der Waals surface area contributed by atoms with Crippen molar-refractivity contribution in [3.8, 4) is 0 Å². The van der Waals surface area contributed by atoms with E-state index in [1.807, 2.05) is 30.3 Å². The highest BCUT2D eigenvalue weighted by Crippen LogP contribution is 2.40. The number of nitrogens with zero attached hydrogens (tertiary/aromatic N) is 2. The lowest BCUT2D eigenvalue weighted by Crippen LogP contribution is -2.48. The van der Waals surface area contributed by atoms with Crippen molar-refractivity contribution in [2.75, 3.05) is 7.11 Å². The Kier molecular flexibility index (Phi) is 9.00. The molecule has 10 nitrogen and oxygen atoms in total. The number of benzene rings is 2. The quantitative estimate of drug-likeness (QED) is 0.302. The second-order valence-electron chi connectivity index (χ2n) is 10.3. The molecule has 1 aliphatic heterocycles. The van der Waals surface area contributed by atoms with E-state index in [0.717, 1.165) is 5.56 Å². The second-order valence-corrected chi connectivity index (χ2v) is 10.3. The highest BCUT2D eigenvalue weighted by molar-refractivity contribution is 6.08. The number of carbonyl (C=O) groups excluding carboxylic acids is 3. The van der Waals surface area contributed by atoms with Gasteiger partial charge in [0.15, 0.2) is 0 Å². The van der Waals surface area contributed by atoms with E-state index >= 15 is 0 Å². The Bertz CT molecular complexity index is 1330. The van der Waals surface area contributed by atoms with Crippen molar-refractivity contribution in [2.45, 2.75) is 58.6 Å². The number of nitrogens with one attached hydrogen (secondary N) is 1. The number of esters is 2. The summed E-state index contributed by atoms with van der Waals surface area (Å²) < 4.78 is 10.6. The minimum absolute atomic E-state index is 0.109. The van der Waals surface area contributed by atoms with Gasteiger partial charge in [0, 0.05) is 41.5 Å². The number of aliphatic imine (C=N–C) groups is 1. The van der Waals surface area contributed by atoms with E-state index in [0.29, 0.717) is 17.0 Å². The molecule has 2 aromatic carbocycles. The lowest BCUT2D eigenvalue weighted by molar-refractivity contribution is -0.384. The van der Waals surface area contributed by atoms with Crippen LogP contribution < -0.4 is 5.32 Å². The van der Waals surface area contributed by atoms with E-state index in [1.54, 1.807) is 40.7 Å². The maximum atomic E-state index is 13.9. The van der Waals surface area contributed by atoms with Crippen LogP contribution in [0.1, 0.15) is 51.7 Å². The number of non-ortho nitro benzene ring substituents is 1. The smallest absolute Gasteiger partial charge is 0.329 e. The van der Waals surface area contributed by atoms with E-state index < -0.39 is 46.2 Å². The number of nitro groups is 1. The van der Waals surface area contributed by atoms with Gasteiger partial charge < -0.3 is 14.8 Å². The molecular formula is C29H33N3O7. The van der Waals surface area contributed by atoms with Crippen LogP contribution in [0.2, 0.25) is 0 Å². The third kappa shape index (κ3) is 7.16. The zero-order chi connectivity index (χ0) is 28.9. The molecule has 2 aromatic rings. The van der Waals surface area contributed by atoms with Crippen LogP contribution >= 0.6 is 0 Å². The summed E-state index contributed by atoms with van der Waals surface area (Å²) in [5.74, 6) is -3.84. The van der Waals surface area contributed by atoms with Crippen LogP contribution in [0.4, 0.5) is 5.69 Å². The lowest BCUT2D eigenvalue weighted by Gasteiger charge is -2.32. The predicted octanol–water partition coefficient (Wildman–Crippen LogP) is 4.29. The minimum atomic E-state index is -1.05. The maximum absolute atomic E-state index is 13.9. The Morgan fingerprint density at radius 3 is 2.33 bits per heavy atom. The number of nitro benzene ring substituents is 1. The third-order valence-corrected chi connectivity index (χ3v) is 6.25. The first-order valence-electron chi connectivity index (χ1n) is 12.5. The van der Waals surface area contributed by atoms with Gasteiger partial charge in [0.1, 0.15) is 17.6 Å². The Hall–Kier alpha value is -4.34. The fourth-order valence-electron chi connectivity index (χ4n) is 4.61. The van der Waals surface area contributed by atoms with E-state index in [9.17, 15) is 24.5 Å². The van der Waals surface area contributed by atoms with Crippen molar-refractivity contribution in [2.24, 2.45) is 10.9 Å². The first-order chi connectivity index (χ1) is 18.3. The molecule has 0 radical (unpaired) electrons. The Labute approximate surface area is 227 Å². The molecule has 1 unspecified atom stereocenters. The summed E-state index contributed by atoms with van der Waals surface area (Å²) in [6.07, 6.45) is 0.165. The van der Waals surface area contributed by atoms with E-state index in [2.05, 4.69) is 10.3 Å². The van der Waals surface area contributed by atoms with Crippen LogP contribution in [0.15, 0.2) is 70.9 Å². The molecule has 3 atom stereocenters. The van der Waals surface area contributed by atoms with Crippen molar-refractivity contribution < 1.29 is 28.8 Å². The summed E-state index contributed by atoms with van der Waals surface area (Å²) in [7, 11) is 1.23. The average Bonchev–Trinajstić information content (AvgIpc) is 2.87. The summed E-state index contributed by atoms with van der Waals surface area (Å²) >= 11 is 0. The zero-order valence-corrected chi connectivity index (χ0v) is 22.9. The first-order valence-corrected chi connectivity index (χ1v) is 12.5. The van der Waals surface area contributed by atoms with Gasteiger partial charge in [-0.25, -0.2) is 4.79 Å². The van der Waals surface area contributed by atoms with Gasteiger partial charge in [-0.3, -0.25) is 24.7 Å². The standard InChI is InChI=1S/C29H33N3O7/c1-17-23(26(33)31-22(27(34)39-29(3,4)5)15-19-11-8-7-9-12-19)25(24(18(2)30-17)28(35)38-6)20-13-10-14-21(16-20)32(36)37/h7-14,16,22,24-25H,15H2,1-6H3,(H,31,33)/t22-,24?,25-/m0/s1. The average molecular weight is 536 g/mol. The maximum Gasteiger partial charge on any atom is 0.329 e. The number of amides is 1. The number of ether oxygens (including phenoxy) is 2. The first kappa shape index (κ1) is 29.2. The van der Waals surface area contributed by atoms with Crippen molar-refractivity contribution in [1.29, 1.82) is 0 Å². The van der Waals surface area contributed by atoms with Crippen LogP contribution in [-0.2, 0) is 30.3 Å². The highest BCUT2D eigenvalue weighted by atomic mass is 16.6. The number of carbonyl (C=O) groups is 3. The highest BCUT2D eigenvalue weighted by Gasteiger charge is 2.43. The molecule has 0 saturated heterocycles. The molecule has 1 aliphatic rings. The topological polar surface area (TPSA) is 137 Å². The van der Waals surface area contributed by atoms with Gasteiger partial charge >= 0.3 is 11.9 Å². The number of methoxy groups -OCH3 is 1. The normalized spacial score (nSPS) is 18.1. The zero-order valence-electron chi connectivity index (χ0n) is 22.9. The molecule has 0 spiro atoms. The van der Waals surface area contributed by atoms with Crippen molar-refractivity contribution in [3.63, 3.8) is 0 Å². The second kappa shape index (κ2) is 12.0. The van der Waals surface area contributed by atoms with Crippen molar-refractivity contribution >= 4 is 29.2 Å². The van der Waals surface area contributed by atoms with Crippen LogP contribution in [-0.4, -0.2) is 47.2 Å². The Morgan fingerprint density at radius 1 is 1.08 bits per heavy atom. The molecule has 0 aromatic heterocycles. The van der Waals surface area contributed by atoms with Crippen LogP contribution in [0.25, 0.3) is 0 Å². The minimum Gasteiger partial charge on any atom is -0.468 e. The van der Waals surface area contributed by atoms with Gasteiger partial charge in [0.2, 0.25) is 5.91 Å². The fraction of sp³-hybridized carbons (Fsp3) is 0.379. The van der Waals surface area contributed by atoms with E-state index in [1.165, 1.54) is 25.3 Å². The van der Waals surface area contributed by atoms with Crippen molar-refractivity contribution in [1.82, 2.24) is 5.32 Å². The molecule has 0 saturated carbocycles. The monoisotopic (exact) mass is 535 g/mol. The van der Waals surface area contributed by atoms with Crippen LogP contribution in [0.5, 0.6) is 0 Å². The largest absolute Gasteiger partial charge is 0.468 e. The molecule has 1 N–H and O–H groups in total. The summed E-state index contributed by atoms with van der Waals surface area (Å²) in [5, 5.41) is 14.3. The molecule has 0 aliphatic carbocycles. The van der Waals surface area contributed by atoms with E-state index in [-0.39, 0.29) is 17.7 Å². The molecule has 10 heteroatoms. The van der Waals surface area contributed by atoms with Gasteiger partial charge in [-0.15, -0.1) is 0 Å². The van der Waals surface area contributed by atoms with Gasteiger partial charge in [0.05, 0.1) is 12.0 Å². The summed E-state index contributed by atoms with van der Waals surface area (Å²) in [6, 6.07) is 13.9. The lowest BCUT2D eigenvalue weighted by atomic mass is 9.75. The predicted molar refractivity (Wildman–Crippen MR) is 145 cm³/mol. The summed E-state index contributed by atoms with van der Waals surface area (Å²) in [5.41, 5.74) is 1.03. The Morgan fingerprint density at radius 2 is 1.74 bits per heavy atom. The molecular weight excluding hydrogens is 502 g/mol. The molecule has 1 amide bonds. The summed E-state index contributed by atoms with van der Waals surface area (Å²) in [4.78, 5) is 55.4. The summed E-state index contributed by atoms with van der Waals surface area (Å²) in [6.45, 7) is 8.46. The van der Waals surface area contributed by atoms with Crippen LogP contribution in [0, 0.1) is 16.0 Å². The molecule has 3 rings (SSSR count). The molecule has 206 valence electrons.